The first kappa shape index (κ1) is 12.1. The molecule has 1 aromatic carbocycles. The highest BCUT2D eigenvalue weighted by Gasteiger charge is 2.36. The monoisotopic (exact) mass is 232 g/mol. The molecule has 1 rings (SSSR count). The highest BCUT2D eigenvalue weighted by atomic mass is 35.5. The van der Waals surface area contributed by atoms with Gasteiger partial charge in [0.05, 0.1) is 0 Å². The van der Waals surface area contributed by atoms with Crippen LogP contribution < -0.4 is 0 Å². The molecule has 0 bridgehead atoms. The Bertz CT molecular complexity index is 352. The first-order chi connectivity index (χ1) is 6.82. The van der Waals surface area contributed by atoms with Gasteiger partial charge in [-0.2, -0.15) is 8.78 Å². The van der Waals surface area contributed by atoms with Crippen LogP contribution in [0.2, 0.25) is 0 Å². The smallest absolute Gasteiger partial charge is 0.286 e. The van der Waals surface area contributed by atoms with Crippen molar-refractivity contribution in [2.24, 2.45) is 0 Å². The van der Waals surface area contributed by atoms with Gasteiger partial charge in [-0.15, -0.1) is 0 Å². The SMILES string of the molecule is CC(C)c1ccc(C(=O)C(F)(F)Cl)cc1. The summed E-state index contributed by atoms with van der Waals surface area (Å²) < 4.78 is 25.0. The molecule has 0 aliphatic heterocycles. The van der Waals surface area contributed by atoms with E-state index in [9.17, 15) is 13.6 Å². The van der Waals surface area contributed by atoms with Gasteiger partial charge in [0.2, 0.25) is 5.78 Å². The second-order valence-corrected chi connectivity index (χ2v) is 4.08. The second kappa shape index (κ2) is 4.27. The molecule has 0 fully saturated rings. The van der Waals surface area contributed by atoms with Crippen LogP contribution in [0.1, 0.15) is 35.7 Å². The molecule has 0 radical (unpaired) electrons. The summed E-state index contributed by atoms with van der Waals surface area (Å²) in [4.78, 5) is 11.1. The third kappa shape index (κ3) is 2.99. The lowest BCUT2D eigenvalue weighted by molar-refractivity contribution is 0.0536. The number of hydrogen-bond acceptors (Lipinski definition) is 1. The van der Waals surface area contributed by atoms with Crippen LogP contribution in [0.5, 0.6) is 0 Å². The van der Waals surface area contributed by atoms with Crippen LogP contribution in [-0.2, 0) is 0 Å². The highest BCUT2D eigenvalue weighted by Crippen LogP contribution is 2.25. The molecule has 1 aromatic rings. The zero-order chi connectivity index (χ0) is 11.6. The summed E-state index contributed by atoms with van der Waals surface area (Å²) in [6.07, 6.45) is 0. The van der Waals surface area contributed by atoms with Gasteiger partial charge in [0, 0.05) is 5.56 Å². The summed E-state index contributed by atoms with van der Waals surface area (Å²) in [5, 5.41) is -3.82. The molecule has 0 saturated heterocycles. The number of ketones is 1. The summed E-state index contributed by atoms with van der Waals surface area (Å²) in [7, 11) is 0. The van der Waals surface area contributed by atoms with Gasteiger partial charge >= 0.3 is 5.38 Å². The van der Waals surface area contributed by atoms with E-state index in [-0.39, 0.29) is 5.56 Å². The molecule has 4 heteroatoms. The predicted octanol–water partition coefficient (Wildman–Crippen LogP) is 3.82. The summed E-state index contributed by atoms with van der Waals surface area (Å²) in [5.74, 6) is -1.06. The van der Waals surface area contributed by atoms with Crippen molar-refractivity contribution in [2.75, 3.05) is 0 Å². The van der Waals surface area contributed by atoms with Gasteiger partial charge in [0.25, 0.3) is 0 Å². The molecule has 0 spiro atoms. The van der Waals surface area contributed by atoms with Gasteiger partial charge in [0.15, 0.2) is 0 Å². The fourth-order valence-electron chi connectivity index (χ4n) is 1.18. The molecule has 0 aliphatic carbocycles. The Hall–Kier alpha value is -0.960. The fraction of sp³-hybridized carbons (Fsp3) is 0.364. The Morgan fingerprint density at radius 3 is 2.07 bits per heavy atom. The predicted molar refractivity (Wildman–Crippen MR) is 55.7 cm³/mol. The fourth-order valence-corrected chi connectivity index (χ4v) is 1.29. The van der Waals surface area contributed by atoms with Gasteiger partial charge in [0.1, 0.15) is 0 Å². The topological polar surface area (TPSA) is 17.1 Å². The maximum atomic E-state index is 12.5. The summed E-state index contributed by atoms with van der Waals surface area (Å²) >= 11 is 4.64. The van der Waals surface area contributed by atoms with Gasteiger partial charge < -0.3 is 0 Å². The second-order valence-electron chi connectivity index (χ2n) is 3.60. The van der Waals surface area contributed by atoms with E-state index in [2.05, 4.69) is 11.6 Å². The average Bonchev–Trinajstić information content (AvgIpc) is 2.15. The first-order valence-electron chi connectivity index (χ1n) is 4.54. The van der Waals surface area contributed by atoms with E-state index < -0.39 is 11.2 Å². The molecule has 0 N–H and O–H groups in total. The molecule has 0 amide bonds. The van der Waals surface area contributed by atoms with Crippen molar-refractivity contribution in [1.29, 1.82) is 0 Å². The van der Waals surface area contributed by atoms with Crippen LogP contribution in [0.15, 0.2) is 24.3 Å². The number of halogens is 3. The lowest BCUT2D eigenvalue weighted by Gasteiger charge is -2.08. The lowest BCUT2D eigenvalue weighted by Crippen LogP contribution is -2.21. The quantitative estimate of drug-likeness (QED) is 0.572. The zero-order valence-corrected chi connectivity index (χ0v) is 9.18. The van der Waals surface area contributed by atoms with Crippen molar-refractivity contribution in [3.8, 4) is 0 Å². The molecule has 0 heterocycles. The number of carbonyl (C=O) groups is 1. The van der Waals surface area contributed by atoms with Crippen LogP contribution in [0.3, 0.4) is 0 Å². The first-order valence-corrected chi connectivity index (χ1v) is 4.91. The summed E-state index contributed by atoms with van der Waals surface area (Å²) in [6, 6.07) is 6.04. The van der Waals surface area contributed by atoms with Crippen molar-refractivity contribution in [1.82, 2.24) is 0 Å². The minimum Gasteiger partial charge on any atom is -0.286 e. The number of carbonyl (C=O) groups excluding carboxylic acids is 1. The molecule has 15 heavy (non-hydrogen) atoms. The number of benzene rings is 1. The van der Waals surface area contributed by atoms with E-state index in [1.54, 1.807) is 12.1 Å². The van der Waals surface area contributed by atoms with Crippen molar-refractivity contribution in [2.45, 2.75) is 25.1 Å². The van der Waals surface area contributed by atoms with Crippen LogP contribution >= 0.6 is 11.6 Å². The number of rotatable bonds is 3. The molecule has 0 aromatic heterocycles. The van der Waals surface area contributed by atoms with E-state index >= 15 is 0 Å². The van der Waals surface area contributed by atoms with Crippen LogP contribution in [0.25, 0.3) is 0 Å². The summed E-state index contributed by atoms with van der Waals surface area (Å²) in [6.45, 7) is 3.96. The Kier molecular flexibility index (Phi) is 3.45. The van der Waals surface area contributed by atoms with E-state index in [1.807, 2.05) is 13.8 Å². The van der Waals surface area contributed by atoms with Crippen molar-refractivity contribution in [3.05, 3.63) is 35.4 Å². The van der Waals surface area contributed by atoms with E-state index in [0.717, 1.165) is 5.56 Å². The van der Waals surface area contributed by atoms with Crippen molar-refractivity contribution >= 4 is 17.4 Å². The van der Waals surface area contributed by atoms with Gasteiger partial charge in [-0.3, -0.25) is 4.79 Å². The minimum absolute atomic E-state index is 0.0700. The molecule has 0 atom stereocenters. The Morgan fingerprint density at radius 2 is 1.73 bits per heavy atom. The maximum absolute atomic E-state index is 12.5. The Labute approximate surface area is 92.1 Å². The van der Waals surface area contributed by atoms with E-state index in [0.29, 0.717) is 5.92 Å². The van der Waals surface area contributed by atoms with Crippen molar-refractivity contribution in [3.63, 3.8) is 0 Å². The minimum atomic E-state index is -3.82. The van der Waals surface area contributed by atoms with Crippen LogP contribution in [0, 0.1) is 0 Å². The molecule has 0 saturated carbocycles. The van der Waals surface area contributed by atoms with Gasteiger partial charge in [-0.1, -0.05) is 38.1 Å². The molecular formula is C11H11ClF2O. The number of alkyl halides is 3. The zero-order valence-electron chi connectivity index (χ0n) is 8.43. The molecule has 0 unspecified atom stereocenters. The summed E-state index contributed by atoms with van der Waals surface area (Å²) in [5.41, 5.74) is 0.920. The highest BCUT2D eigenvalue weighted by molar-refractivity contribution is 6.35. The van der Waals surface area contributed by atoms with Crippen molar-refractivity contribution < 1.29 is 13.6 Å². The van der Waals surface area contributed by atoms with E-state index in [4.69, 9.17) is 0 Å². The molecular weight excluding hydrogens is 222 g/mol. The normalized spacial score (nSPS) is 11.9. The molecule has 0 aliphatic rings. The number of Topliss-reactive ketones (excluding diaryl/α,β-unsaturated/α-hetero) is 1. The van der Waals surface area contributed by atoms with Gasteiger partial charge in [-0.25, -0.2) is 0 Å². The van der Waals surface area contributed by atoms with E-state index in [1.165, 1.54) is 12.1 Å². The van der Waals surface area contributed by atoms with Crippen LogP contribution in [-0.4, -0.2) is 11.2 Å². The Morgan fingerprint density at radius 1 is 1.27 bits per heavy atom. The average molecular weight is 233 g/mol. The number of hydrogen-bond donors (Lipinski definition) is 0. The third-order valence-corrected chi connectivity index (χ3v) is 2.27. The molecule has 1 nitrogen and oxygen atoms in total. The molecule has 82 valence electrons. The Balaban J connectivity index is 2.95. The standard InChI is InChI=1S/C11H11ClF2O/c1-7(2)8-3-5-9(6-4-8)10(15)11(12,13)14/h3-7H,1-2H3. The lowest BCUT2D eigenvalue weighted by atomic mass is 10.0. The van der Waals surface area contributed by atoms with Gasteiger partial charge in [-0.05, 0) is 23.1 Å². The largest absolute Gasteiger partial charge is 0.384 e. The third-order valence-electron chi connectivity index (χ3n) is 2.10. The maximum Gasteiger partial charge on any atom is 0.384 e. The van der Waals surface area contributed by atoms with Crippen LogP contribution in [0.4, 0.5) is 8.78 Å².